The number of hydrogen-bond donors (Lipinski definition) is 1. The summed E-state index contributed by atoms with van der Waals surface area (Å²) in [6.45, 7) is 5.11. The lowest BCUT2D eigenvalue weighted by Crippen LogP contribution is -2.22. The van der Waals surface area contributed by atoms with Gasteiger partial charge < -0.3 is 5.32 Å². The minimum Gasteiger partial charge on any atom is -0.307 e. The largest absolute Gasteiger partial charge is 0.307 e. The predicted octanol–water partition coefficient (Wildman–Crippen LogP) is 4.24. The highest BCUT2D eigenvalue weighted by Gasteiger charge is 2.13. The number of aromatic nitrogens is 1. The molecular formula is C19H20N2. The first kappa shape index (κ1) is 13.8. The van der Waals surface area contributed by atoms with E-state index in [0.29, 0.717) is 0 Å². The fourth-order valence-corrected chi connectivity index (χ4v) is 2.77. The van der Waals surface area contributed by atoms with Crippen LogP contribution in [0.4, 0.5) is 0 Å². The zero-order chi connectivity index (χ0) is 14.7. The molecule has 1 unspecified atom stereocenters. The van der Waals surface area contributed by atoms with E-state index in [-0.39, 0.29) is 6.04 Å². The van der Waals surface area contributed by atoms with Gasteiger partial charge in [-0.1, -0.05) is 43.3 Å². The third-order valence-electron chi connectivity index (χ3n) is 3.77. The van der Waals surface area contributed by atoms with Crippen molar-refractivity contribution in [3.63, 3.8) is 0 Å². The van der Waals surface area contributed by atoms with E-state index in [2.05, 4.69) is 71.8 Å². The van der Waals surface area contributed by atoms with Crippen LogP contribution in [0.15, 0.2) is 60.8 Å². The van der Waals surface area contributed by atoms with E-state index in [4.69, 9.17) is 0 Å². The van der Waals surface area contributed by atoms with Gasteiger partial charge in [-0.25, -0.2) is 0 Å². The Hall–Kier alpha value is -2.19. The first-order valence-electron chi connectivity index (χ1n) is 7.42. The molecule has 1 atom stereocenters. The zero-order valence-electron chi connectivity index (χ0n) is 12.5. The standard InChI is InChI=1S/C19H20N2/c1-3-20-19(18-10-11-21-14(2)12-18)17-9-8-15-6-4-5-7-16(15)13-17/h4-13,19-20H,3H2,1-2H3. The lowest BCUT2D eigenvalue weighted by atomic mass is 9.96. The van der Waals surface area contributed by atoms with Crippen molar-refractivity contribution >= 4 is 10.8 Å². The van der Waals surface area contributed by atoms with Gasteiger partial charge in [-0.05, 0) is 53.6 Å². The Balaban J connectivity index is 2.06. The van der Waals surface area contributed by atoms with Crippen molar-refractivity contribution in [3.05, 3.63) is 77.6 Å². The molecule has 2 heteroatoms. The molecule has 0 saturated carbocycles. The summed E-state index contributed by atoms with van der Waals surface area (Å²) in [6, 6.07) is 19.6. The lowest BCUT2D eigenvalue weighted by molar-refractivity contribution is 0.630. The van der Waals surface area contributed by atoms with E-state index < -0.39 is 0 Å². The molecular weight excluding hydrogens is 256 g/mol. The summed E-state index contributed by atoms with van der Waals surface area (Å²) in [5, 5.41) is 6.14. The predicted molar refractivity (Wildman–Crippen MR) is 88.4 cm³/mol. The van der Waals surface area contributed by atoms with Crippen LogP contribution in [0.5, 0.6) is 0 Å². The van der Waals surface area contributed by atoms with Crippen LogP contribution >= 0.6 is 0 Å². The molecule has 1 aromatic heterocycles. The van der Waals surface area contributed by atoms with Gasteiger partial charge in [0.05, 0.1) is 6.04 Å². The summed E-state index contributed by atoms with van der Waals surface area (Å²) in [6.07, 6.45) is 1.88. The van der Waals surface area contributed by atoms with Gasteiger partial charge in [0.15, 0.2) is 0 Å². The zero-order valence-corrected chi connectivity index (χ0v) is 12.5. The van der Waals surface area contributed by atoms with Crippen LogP contribution in [0.1, 0.15) is 29.8 Å². The third-order valence-corrected chi connectivity index (χ3v) is 3.77. The minimum absolute atomic E-state index is 0.210. The number of nitrogens with zero attached hydrogens (tertiary/aromatic N) is 1. The van der Waals surface area contributed by atoms with Crippen LogP contribution in [-0.2, 0) is 0 Å². The molecule has 1 N–H and O–H groups in total. The SMILES string of the molecule is CCNC(c1ccnc(C)c1)c1ccc2ccccc2c1. The number of fused-ring (bicyclic) bond motifs is 1. The fourth-order valence-electron chi connectivity index (χ4n) is 2.77. The molecule has 0 spiro atoms. The van der Waals surface area contributed by atoms with Crippen molar-refractivity contribution in [2.24, 2.45) is 0 Å². The Bertz CT molecular complexity index is 749. The molecule has 0 amide bonds. The van der Waals surface area contributed by atoms with Gasteiger partial charge in [-0.15, -0.1) is 0 Å². The number of hydrogen-bond acceptors (Lipinski definition) is 2. The monoisotopic (exact) mass is 276 g/mol. The fraction of sp³-hybridized carbons (Fsp3) is 0.211. The maximum atomic E-state index is 4.30. The van der Waals surface area contributed by atoms with Gasteiger partial charge in [0.2, 0.25) is 0 Å². The van der Waals surface area contributed by atoms with E-state index in [1.807, 2.05) is 13.1 Å². The second kappa shape index (κ2) is 6.06. The molecule has 0 fully saturated rings. The van der Waals surface area contributed by atoms with E-state index in [1.165, 1.54) is 21.9 Å². The molecule has 0 saturated heterocycles. The summed E-state index contributed by atoms with van der Waals surface area (Å²) < 4.78 is 0. The Kier molecular flexibility index (Phi) is 3.98. The van der Waals surface area contributed by atoms with Crippen molar-refractivity contribution in [1.82, 2.24) is 10.3 Å². The van der Waals surface area contributed by atoms with Crippen molar-refractivity contribution in [2.75, 3.05) is 6.54 Å². The molecule has 0 aliphatic heterocycles. The molecule has 2 aromatic carbocycles. The highest BCUT2D eigenvalue weighted by molar-refractivity contribution is 5.83. The van der Waals surface area contributed by atoms with Crippen molar-refractivity contribution < 1.29 is 0 Å². The molecule has 0 aliphatic carbocycles. The number of pyridine rings is 1. The number of benzene rings is 2. The molecule has 0 radical (unpaired) electrons. The maximum absolute atomic E-state index is 4.30. The Morgan fingerprint density at radius 1 is 0.952 bits per heavy atom. The van der Waals surface area contributed by atoms with Gasteiger partial charge in [-0.2, -0.15) is 0 Å². The second-order valence-electron chi connectivity index (χ2n) is 5.33. The van der Waals surface area contributed by atoms with E-state index >= 15 is 0 Å². The first-order chi connectivity index (χ1) is 10.3. The summed E-state index contributed by atoms with van der Waals surface area (Å²) >= 11 is 0. The van der Waals surface area contributed by atoms with Gasteiger partial charge >= 0.3 is 0 Å². The van der Waals surface area contributed by atoms with Crippen LogP contribution in [0.3, 0.4) is 0 Å². The van der Waals surface area contributed by atoms with E-state index in [0.717, 1.165) is 12.2 Å². The van der Waals surface area contributed by atoms with Gasteiger partial charge in [0.1, 0.15) is 0 Å². The maximum Gasteiger partial charge on any atom is 0.0578 e. The average Bonchev–Trinajstić information content (AvgIpc) is 2.52. The summed E-state index contributed by atoms with van der Waals surface area (Å²) in [7, 11) is 0. The summed E-state index contributed by atoms with van der Waals surface area (Å²) in [5.74, 6) is 0. The quantitative estimate of drug-likeness (QED) is 0.771. The minimum atomic E-state index is 0.210. The Labute approximate surface area is 125 Å². The van der Waals surface area contributed by atoms with Gasteiger partial charge in [-0.3, -0.25) is 4.98 Å². The highest BCUT2D eigenvalue weighted by Crippen LogP contribution is 2.25. The Morgan fingerprint density at radius 2 is 1.71 bits per heavy atom. The second-order valence-corrected chi connectivity index (χ2v) is 5.33. The average molecular weight is 276 g/mol. The third kappa shape index (κ3) is 2.96. The topological polar surface area (TPSA) is 24.9 Å². The summed E-state index contributed by atoms with van der Waals surface area (Å²) in [5.41, 5.74) is 3.61. The number of rotatable bonds is 4. The van der Waals surface area contributed by atoms with Crippen LogP contribution in [0.2, 0.25) is 0 Å². The highest BCUT2D eigenvalue weighted by atomic mass is 14.9. The van der Waals surface area contributed by atoms with Crippen molar-refractivity contribution in [2.45, 2.75) is 19.9 Å². The molecule has 2 nitrogen and oxygen atoms in total. The number of nitrogens with one attached hydrogen (secondary N) is 1. The van der Waals surface area contributed by atoms with Crippen LogP contribution in [-0.4, -0.2) is 11.5 Å². The first-order valence-corrected chi connectivity index (χ1v) is 7.42. The van der Waals surface area contributed by atoms with Gasteiger partial charge in [0, 0.05) is 11.9 Å². The summed E-state index contributed by atoms with van der Waals surface area (Å²) in [4.78, 5) is 4.30. The number of aryl methyl sites for hydroxylation is 1. The lowest BCUT2D eigenvalue weighted by Gasteiger charge is -2.19. The smallest absolute Gasteiger partial charge is 0.0578 e. The van der Waals surface area contributed by atoms with Crippen molar-refractivity contribution in [1.29, 1.82) is 0 Å². The van der Waals surface area contributed by atoms with Crippen LogP contribution < -0.4 is 5.32 Å². The molecule has 106 valence electrons. The Morgan fingerprint density at radius 3 is 2.48 bits per heavy atom. The molecule has 3 aromatic rings. The molecule has 21 heavy (non-hydrogen) atoms. The van der Waals surface area contributed by atoms with E-state index in [1.54, 1.807) is 0 Å². The van der Waals surface area contributed by atoms with Crippen molar-refractivity contribution in [3.8, 4) is 0 Å². The molecule has 1 heterocycles. The van der Waals surface area contributed by atoms with Crippen LogP contribution in [0, 0.1) is 6.92 Å². The van der Waals surface area contributed by atoms with E-state index in [9.17, 15) is 0 Å². The normalized spacial score (nSPS) is 12.5. The molecule has 0 aliphatic rings. The molecule has 0 bridgehead atoms. The van der Waals surface area contributed by atoms with Crippen LogP contribution in [0.25, 0.3) is 10.8 Å². The van der Waals surface area contributed by atoms with Gasteiger partial charge in [0.25, 0.3) is 0 Å². The molecule has 3 rings (SSSR count).